The molecule has 0 bridgehead atoms. The molecule has 2 atom stereocenters. The number of nitrogen functional groups attached to an aromatic ring is 1. The van der Waals surface area contributed by atoms with Crippen LogP contribution >= 0.6 is 11.8 Å². The number of hydrogen-bond acceptors (Lipinski definition) is 5. The molecule has 110 valence electrons. The fourth-order valence-corrected chi connectivity index (χ4v) is 4.08. The van der Waals surface area contributed by atoms with Crippen molar-refractivity contribution in [1.29, 1.82) is 0 Å². The normalized spacial score (nSPS) is 26.3. The van der Waals surface area contributed by atoms with Gasteiger partial charge in [-0.2, -0.15) is 4.98 Å². The van der Waals surface area contributed by atoms with Crippen molar-refractivity contribution in [3.8, 4) is 0 Å². The van der Waals surface area contributed by atoms with Crippen LogP contribution in [-0.4, -0.2) is 44.8 Å². The number of nitrogens with two attached hydrogens (primary N) is 1. The molecule has 1 aliphatic heterocycles. The Morgan fingerprint density at radius 2 is 2.15 bits per heavy atom. The number of aromatic amines is 1. The number of carbonyl (C=O) groups excluding carboxylic acids is 1. The third-order valence-electron chi connectivity index (χ3n) is 4.45. The molecule has 0 spiro atoms. The van der Waals surface area contributed by atoms with Crippen LogP contribution in [0, 0.1) is 11.8 Å². The van der Waals surface area contributed by atoms with Crippen LogP contribution in [0.5, 0.6) is 0 Å². The summed E-state index contributed by atoms with van der Waals surface area (Å²) in [5.74, 6) is 2.47. The standard InChI is InChI=1S/C13H21N5OS/c14-12-15-13(17-16-12)20-8-11(19)18-6-5-9-3-1-2-4-10(9)7-18/h9-10H,1-8H2,(H3,14,15,16,17)/t9-,10-/m0/s1. The molecule has 0 radical (unpaired) electrons. The van der Waals surface area contributed by atoms with Crippen LogP contribution in [0.2, 0.25) is 0 Å². The topological polar surface area (TPSA) is 87.9 Å². The Hall–Kier alpha value is -1.24. The third kappa shape index (κ3) is 3.08. The number of rotatable bonds is 3. The number of hydrogen-bond donors (Lipinski definition) is 2. The average Bonchev–Trinajstić information content (AvgIpc) is 2.90. The van der Waals surface area contributed by atoms with Crippen LogP contribution in [0.3, 0.4) is 0 Å². The number of carbonyl (C=O) groups is 1. The minimum absolute atomic E-state index is 0.197. The van der Waals surface area contributed by atoms with Gasteiger partial charge in [0.25, 0.3) is 0 Å². The van der Waals surface area contributed by atoms with Crippen molar-refractivity contribution < 1.29 is 4.79 Å². The molecular weight excluding hydrogens is 274 g/mol. The van der Waals surface area contributed by atoms with Gasteiger partial charge in [-0.05, 0) is 24.7 Å². The number of nitrogens with one attached hydrogen (secondary N) is 1. The zero-order valence-electron chi connectivity index (χ0n) is 11.5. The van der Waals surface area contributed by atoms with E-state index in [9.17, 15) is 4.79 Å². The zero-order valence-corrected chi connectivity index (χ0v) is 12.4. The number of anilines is 1. The molecule has 0 unspecified atom stereocenters. The minimum atomic E-state index is 0.197. The SMILES string of the molecule is Nc1nc(SCC(=O)N2CC[C@@H]3CCCC[C@H]3C2)n[nH]1. The third-order valence-corrected chi connectivity index (χ3v) is 5.28. The number of thioether (sulfide) groups is 1. The van der Waals surface area contributed by atoms with E-state index in [2.05, 4.69) is 15.2 Å². The second-order valence-corrected chi connectivity index (χ2v) is 6.67. The van der Waals surface area contributed by atoms with Crippen LogP contribution in [-0.2, 0) is 4.79 Å². The van der Waals surface area contributed by atoms with E-state index in [1.807, 2.05) is 4.90 Å². The molecule has 0 aromatic carbocycles. The van der Waals surface area contributed by atoms with Gasteiger partial charge in [0.15, 0.2) is 0 Å². The number of amides is 1. The van der Waals surface area contributed by atoms with Crippen LogP contribution < -0.4 is 5.73 Å². The van der Waals surface area contributed by atoms with E-state index >= 15 is 0 Å². The van der Waals surface area contributed by atoms with E-state index in [4.69, 9.17) is 5.73 Å². The number of aromatic nitrogens is 3. The van der Waals surface area contributed by atoms with Crippen molar-refractivity contribution in [2.75, 3.05) is 24.6 Å². The van der Waals surface area contributed by atoms with Gasteiger partial charge in [0.2, 0.25) is 17.0 Å². The van der Waals surface area contributed by atoms with E-state index in [-0.39, 0.29) is 5.91 Å². The highest BCUT2D eigenvalue weighted by molar-refractivity contribution is 7.99. The van der Waals surface area contributed by atoms with E-state index in [1.165, 1.54) is 43.9 Å². The molecule has 2 aliphatic rings. The molecule has 1 saturated heterocycles. The van der Waals surface area contributed by atoms with Gasteiger partial charge in [-0.25, -0.2) is 5.10 Å². The monoisotopic (exact) mass is 295 g/mol. The lowest BCUT2D eigenvalue weighted by Gasteiger charge is -2.41. The smallest absolute Gasteiger partial charge is 0.233 e. The highest BCUT2D eigenvalue weighted by Gasteiger charge is 2.32. The Morgan fingerprint density at radius 3 is 2.90 bits per heavy atom. The van der Waals surface area contributed by atoms with Crippen LogP contribution in [0.4, 0.5) is 5.95 Å². The molecule has 6 nitrogen and oxygen atoms in total. The van der Waals surface area contributed by atoms with Crippen LogP contribution in [0.25, 0.3) is 0 Å². The average molecular weight is 295 g/mol. The van der Waals surface area contributed by atoms with E-state index in [0.717, 1.165) is 24.9 Å². The van der Waals surface area contributed by atoms with Gasteiger partial charge < -0.3 is 10.6 Å². The summed E-state index contributed by atoms with van der Waals surface area (Å²) < 4.78 is 0. The first kappa shape index (κ1) is 13.7. The molecule has 1 saturated carbocycles. The summed E-state index contributed by atoms with van der Waals surface area (Å²) in [4.78, 5) is 18.3. The van der Waals surface area contributed by atoms with E-state index in [0.29, 0.717) is 16.9 Å². The van der Waals surface area contributed by atoms with Crippen LogP contribution in [0.1, 0.15) is 32.1 Å². The Bertz CT molecular complexity index is 477. The maximum absolute atomic E-state index is 12.3. The maximum atomic E-state index is 12.3. The first-order valence-electron chi connectivity index (χ1n) is 7.31. The molecule has 2 fully saturated rings. The minimum Gasteiger partial charge on any atom is -0.368 e. The van der Waals surface area contributed by atoms with Gasteiger partial charge in [0.05, 0.1) is 5.75 Å². The van der Waals surface area contributed by atoms with Crippen LogP contribution in [0.15, 0.2) is 5.16 Å². The van der Waals surface area contributed by atoms with Crippen molar-refractivity contribution in [2.24, 2.45) is 11.8 Å². The highest BCUT2D eigenvalue weighted by Crippen LogP contribution is 2.36. The fourth-order valence-electron chi connectivity index (χ4n) is 3.37. The molecule has 1 aromatic rings. The maximum Gasteiger partial charge on any atom is 0.233 e. The predicted octanol–water partition coefficient (Wildman–Crippen LogP) is 1.52. The largest absolute Gasteiger partial charge is 0.368 e. The van der Waals surface area contributed by atoms with Gasteiger partial charge in [0, 0.05) is 13.1 Å². The molecule has 3 N–H and O–H groups in total. The van der Waals surface area contributed by atoms with Crippen molar-refractivity contribution in [3.05, 3.63) is 0 Å². The second-order valence-electron chi connectivity index (χ2n) is 5.72. The molecule has 1 aliphatic carbocycles. The number of nitrogens with zero attached hydrogens (tertiary/aromatic N) is 3. The number of piperidine rings is 1. The molecule has 20 heavy (non-hydrogen) atoms. The molecule has 1 amide bonds. The highest BCUT2D eigenvalue weighted by atomic mass is 32.2. The molecular formula is C13H21N5OS. The molecule has 3 rings (SSSR count). The summed E-state index contributed by atoms with van der Waals surface area (Å²) in [7, 11) is 0. The lowest BCUT2D eigenvalue weighted by atomic mass is 9.75. The first-order chi connectivity index (χ1) is 9.72. The lowest BCUT2D eigenvalue weighted by Crippen LogP contribution is -2.45. The Morgan fingerprint density at radius 1 is 1.35 bits per heavy atom. The van der Waals surface area contributed by atoms with Gasteiger partial charge in [-0.15, -0.1) is 5.10 Å². The summed E-state index contributed by atoms with van der Waals surface area (Å²) in [6, 6.07) is 0. The van der Waals surface area contributed by atoms with Gasteiger partial charge >= 0.3 is 0 Å². The van der Waals surface area contributed by atoms with Gasteiger partial charge in [-0.3, -0.25) is 4.79 Å². The van der Waals surface area contributed by atoms with Crippen molar-refractivity contribution in [1.82, 2.24) is 20.1 Å². The molecule has 1 aromatic heterocycles. The van der Waals surface area contributed by atoms with Crippen molar-refractivity contribution >= 4 is 23.6 Å². The summed E-state index contributed by atoms with van der Waals surface area (Å²) in [5, 5.41) is 7.05. The van der Waals surface area contributed by atoms with Gasteiger partial charge in [0.1, 0.15) is 0 Å². The Labute approximate surface area is 122 Å². The summed E-state index contributed by atoms with van der Waals surface area (Å²) in [6.45, 7) is 1.86. The molecule has 2 heterocycles. The number of fused-ring (bicyclic) bond motifs is 1. The quantitative estimate of drug-likeness (QED) is 0.825. The zero-order chi connectivity index (χ0) is 13.9. The fraction of sp³-hybridized carbons (Fsp3) is 0.769. The van der Waals surface area contributed by atoms with E-state index in [1.54, 1.807) is 0 Å². The number of H-pyrrole nitrogens is 1. The summed E-state index contributed by atoms with van der Waals surface area (Å²) in [5.41, 5.74) is 5.46. The van der Waals surface area contributed by atoms with Gasteiger partial charge in [-0.1, -0.05) is 31.0 Å². The molecule has 7 heteroatoms. The lowest BCUT2D eigenvalue weighted by molar-refractivity contribution is -0.131. The van der Waals surface area contributed by atoms with Crippen molar-refractivity contribution in [2.45, 2.75) is 37.3 Å². The summed E-state index contributed by atoms with van der Waals surface area (Å²) in [6.07, 6.45) is 6.53. The second kappa shape index (κ2) is 6.03. The summed E-state index contributed by atoms with van der Waals surface area (Å²) >= 11 is 1.35. The Balaban J connectivity index is 1.50. The van der Waals surface area contributed by atoms with Crippen molar-refractivity contribution in [3.63, 3.8) is 0 Å². The number of likely N-dealkylation sites (tertiary alicyclic amines) is 1. The van der Waals surface area contributed by atoms with E-state index < -0.39 is 0 Å². The first-order valence-corrected chi connectivity index (χ1v) is 8.29. The Kier molecular flexibility index (Phi) is 4.14. The predicted molar refractivity (Wildman–Crippen MR) is 78.2 cm³/mol.